The Morgan fingerprint density at radius 2 is 2.32 bits per heavy atom. The fourth-order valence-corrected chi connectivity index (χ4v) is 2.51. The van der Waals surface area contributed by atoms with E-state index in [1.54, 1.807) is 18.2 Å². The van der Waals surface area contributed by atoms with Crippen molar-refractivity contribution in [3.05, 3.63) is 29.3 Å². The van der Waals surface area contributed by atoms with Crippen molar-refractivity contribution in [2.45, 2.75) is 0 Å². The van der Waals surface area contributed by atoms with Crippen molar-refractivity contribution in [3.8, 4) is 16.3 Å². The van der Waals surface area contributed by atoms with Crippen LogP contribution < -0.4 is 10.1 Å². The summed E-state index contributed by atoms with van der Waals surface area (Å²) >= 11 is 1.24. The molecule has 3 rings (SSSR count). The highest BCUT2D eigenvalue weighted by molar-refractivity contribution is 7.13. The molecular weight excluding hydrogens is 268 g/mol. The minimum Gasteiger partial charge on any atom is -0.482 e. The van der Waals surface area contributed by atoms with Crippen molar-refractivity contribution in [3.63, 3.8) is 0 Å². The van der Waals surface area contributed by atoms with E-state index in [9.17, 15) is 9.59 Å². The van der Waals surface area contributed by atoms with Gasteiger partial charge in [-0.3, -0.25) is 4.79 Å². The number of carboxylic acids is 1. The molecule has 7 heteroatoms. The van der Waals surface area contributed by atoms with Gasteiger partial charge in [0.15, 0.2) is 12.3 Å². The highest BCUT2D eigenvalue weighted by atomic mass is 32.1. The van der Waals surface area contributed by atoms with Crippen LogP contribution >= 0.6 is 11.3 Å². The Morgan fingerprint density at radius 3 is 3.05 bits per heavy atom. The van der Waals surface area contributed by atoms with Crippen LogP contribution in [0.3, 0.4) is 0 Å². The third-order valence-corrected chi connectivity index (χ3v) is 3.47. The first-order valence-electron chi connectivity index (χ1n) is 5.39. The third kappa shape index (κ3) is 2.15. The number of thiazole rings is 1. The number of benzene rings is 1. The normalized spacial score (nSPS) is 13.4. The van der Waals surface area contributed by atoms with Crippen molar-refractivity contribution < 1.29 is 19.4 Å². The summed E-state index contributed by atoms with van der Waals surface area (Å²) in [7, 11) is 0. The molecule has 0 spiro atoms. The minimum atomic E-state index is -1.06. The molecule has 2 aromatic rings. The molecule has 96 valence electrons. The van der Waals surface area contributed by atoms with Gasteiger partial charge in [-0.2, -0.15) is 0 Å². The average molecular weight is 276 g/mol. The number of anilines is 1. The SMILES string of the molecule is O=C1COc2ccc(-c3nc(C(=O)O)cs3)cc2N1. The topological polar surface area (TPSA) is 88.5 Å². The minimum absolute atomic E-state index is 0.00671. The van der Waals surface area contributed by atoms with Gasteiger partial charge < -0.3 is 15.2 Å². The number of hydrogen-bond acceptors (Lipinski definition) is 5. The Labute approximate surface area is 111 Å². The van der Waals surface area contributed by atoms with Gasteiger partial charge in [0.1, 0.15) is 10.8 Å². The quantitative estimate of drug-likeness (QED) is 0.873. The van der Waals surface area contributed by atoms with Crippen LogP contribution in [0.1, 0.15) is 10.5 Å². The first kappa shape index (κ1) is 11.7. The highest BCUT2D eigenvalue weighted by Crippen LogP contribution is 2.33. The summed E-state index contributed by atoms with van der Waals surface area (Å²) in [5.74, 6) is -0.675. The van der Waals surface area contributed by atoms with Gasteiger partial charge in [-0.25, -0.2) is 9.78 Å². The van der Waals surface area contributed by atoms with Crippen molar-refractivity contribution in [2.75, 3.05) is 11.9 Å². The first-order chi connectivity index (χ1) is 9.13. The van der Waals surface area contributed by atoms with Crippen LogP contribution in [0, 0.1) is 0 Å². The van der Waals surface area contributed by atoms with E-state index in [1.165, 1.54) is 16.7 Å². The van der Waals surface area contributed by atoms with E-state index in [0.717, 1.165) is 5.56 Å². The van der Waals surface area contributed by atoms with Crippen LogP contribution in [0.5, 0.6) is 5.75 Å². The van der Waals surface area contributed by atoms with Gasteiger partial charge in [-0.05, 0) is 18.2 Å². The first-order valence-corrected chi connectivity index (χ1v) is 6.27. The van der Waals surface area contributed by atoms with E-state index in [4.69, 9.17) is 9.84 Å². The Morgan fingerprint density at radius 1 is 1.47 bits per heavy atom. The highest BCUT2D eigenvalue weighted by Gasteiger charge is 2.17. The standard InChI is InChI=1S/C12H8N2O4S/c15-10-4-18-9-2-1-6(3-7(9)13-10)11-14-8(5-19-11)12(16)17/h1-3,5H,4H2,(H,13,15)(H,16,17). The maximum atomic E-state index is 11.2. The molecule has 6 nitrogen and oxygen atoms in total. The number of fused-ring (bicyclic) bond motifs is 1. The molecule has 1 aromatic carbocycles. The van der Waals surface area contributed by atoms with E-state index in [-0.39, 0.29) is 18.2 Å². The second-order valence-corrected chi connectivity index (χ2v) is 4.75. The van der Waals surface area contributed by atoms with E-state index in [1.807, 2.05) is 0 Å². The van der Waals surface area contributed by atoms with Crippen LogP contribution in [0.25, 0.3) is 10.6 Å². The Hall–Kier alpha value is -2.41. The number of ether oxygens (including phenoxy) is 1. The van der Waals surface area contributed by atoms with Gasteiger partial charge in [0.05, 0.1) is 5.69 Å². The van der Waals surface area contributed by atoms with E-state index in [2.05, 4.69) is 10.3 Å². The number of nitrogens with one attached hydrogen (secondary N) is 1. The van der Waals surface area contributed by atoms with Gasteiger partial charge >= 0.3 is 5.97 Å². The lowest BCUT2D eigenvalue weighted by Gasteiger charge is -2.18. The summed E-state index contributed by atoms with van der Waals surface area (Å²) in [6, 6.07) is 5.23. The van der Waals surface area contributed by atoms with Crippen LogP contribution in [0.4, 0.5) is 5.69 Å². The van der Waals surface area contributed by atoms with Crippen LogP contribution in [-0.4, -0.2) is 28.6 Å². The number of aromatic nitrogens is 1. The lowest BCUT2D eigenvalue weighted by Crippen LogP contribution is -2.25. The zero-order valence-electron chi connectivity index (χ0n) is 9.54. The predicted molar refractivity (Wildman–Crippen MR) is 68.6 cm³/mol. The molecule has 0 fully saturated rings. The van der Waals surface area contributed by atoms with Crippen molar-refractivity contribution >= 4 is 28.9 Å². The van der Waals surface area contributed by atoms with Crippen molar-refractivity contribution in [1.82, 2.24) is 4.98 Å². The monoisotopic (exact) mass is 276 g/mol. The molecule has 0 aliphatic carbocycles. The van der Waals surface area contributed by atoms with Crippen molar-refractivity contribution in [1.29, 1.82) is 0 Å². The Kier molecular flexibility index (Phi) is 2.68. The largest absolute Gasteiger partial charge is 0.482 e. The number of carbonyl (C=O) groups excluding carboxylic acids is 1. The molecule has 1 aliphatic heterocycles. The molecule has 2 heterocycles. The molecule has 1 aliphatic rings. The van der Waals surface area contributed by atoms with E-state index in [0.29, 0.717) is 16.4 Å². The van der Waals surface area contributed by atoms with E-state index >= 15 is 0 Å². The molecule has 0 radical (unpaired) electrons. The summed E-state index contributed by atoms with van der Waals surface area (Å²) in [5, 5.41) is 13.6. The van der Waals surface area contributed by atoms with Crippen LogP contribution in [0.15, 0.2) is 23.6 Å². The zero-order chi connectivity index (χ0) is 13.4. The number of amides is 1. The second kappa shape index (κ2) is 4.36. The molecule has 0 saturated heterocycles. The summed E-state index contributed by atoms with van der Waals surface area (Å²) in [4.78, 5) is 26.0. The third-order valence-electron chi connectivity index (χ3n) is 2.58. The lowest BCUT2D eigenvalue weighted by atomic mass is 10.2. The maximum absolute atomic E-state index is 11.2. The number of hydrogen-bond donors (Lipinski definition) is 2. The number of rotatable bonds is 2. The lowest BCUT2D eigenvalue weighted by molar-refractivity contribution is -0.118. The molecule has 1 amide bonds. The van der Waals surface area contributed by atoms with Crippen molar-refractivity contribution in [2.24, 2.45) is 0 Å². The van der Waals surface area contributed by atoms with Crippen LogP contribution in [0.2, 0.25) is 0 Å². The molecule has 0 unspecified atom stereocenters. The number of nitrogens with zero attached hydrogens (tertiary/aromatic N) is 1. The average Bonchev–Trinajstić information content (AvgIpc) is 2.87. The molecule has 19 heavy (non-hydrogen) atoms. The predicted octanol–water partition coefficient (Wildman–Crippen LogP) is 1.84. The Balaban J connectivity index is 1.99. The van der Waals surface area contributed by atoms with Gasteiger partial charge in [0, 0.05) is 10.9 Å². The maximum Gasteiger partial charge on any atom is 0.355 e. The molecule has 2 N–H and O–H groups in total. The number of carbonyl (C=O) groups is 2. The summed E-state index contributed by atoms with van der Waals surface area (Å²) in [6.45, 7) is 0.00671. The molecular formula is C12H8N2O4S. The second-order valence-electron chi connectivity index (χ2n) is 3.89. The zero-order valence-corrected chi connectivity index (χ0v) is 10.4. The van der Waals surface area contributed by atoms with Gasteiger partial charge in [-0.15, -0.1) is 11.3 Å². The molecule has 0 atom stereocenters. The summed E-state index contributed by atoms with van der Waals surface area (Å²) in [5.41, 5.74) is 1.32. The fourth-order valence-electron chi connectivity index (χ4n) is 1.72. The fraction of sp³-hybridized carbons (Fsp3) is 0.0833. The smallest absolute Gasteiger partial charge is 0.355 e. The van der Waals surface area contributed by atoms with Gasteiger partial charge in [0.2, 0.25) is 0 Å². The van der Waals surface area contributed by atoms with Gasteiger partial charge in [-0.1, -0.05) is 0 Å². The number of aromatic carboxylic acids is 1. The molecule has 0 bridgehead atoms. The summed E-state index contributed by atoms with van der Waals surface area (Å²) in [6.07, 6.45) is 0. The molecule has 1 aromatic heterocycles. The summed E-state index contributed by atoms with van der Waals surface area (Å²) < 4.78 is 5.25. The van der Waals surface area contributed by atoms with E-state index < -0.39 is 5.97 Å². The number of carboxylic acid groups (broad SMARTS) is 1. The Bertz CT molecular complexity index is 680. The molecule has 0 saturated carbocycles. The van der Waals surface area contributed by atoms with Gasteiger partial charge in [0.25, 0.3) is 5.91 Å². The van der Waals surface area contributed by atoms with Crippen LogP contribution in [-0.2, 0) is 4.79 Å².